The highest BCUT2D eigenvalue weighted by molar-refractivity contribution is 8.15. The molecule has 3 aromatic carbocycles. The van der Waals surface area contributed by atoms with Crippen LogP contribution in [-0.4, -0.2) is 31.1 Å². The molecule has 1 atom stereocenters. The lowest BCUT2D eigenvalue weighted by molar-refractivity contribution is -0.118. The molecule has 10 heteroatoms. The molecule has 0 radical (unpaired) electrons. The van der Waals surface area contributed by atoms with Crippen molar-refractivity contribution in [1.82, 2.24) is 14.9 Å². The molecule has 0 spiro atoms. The molecule has 1 saturated heterocycles. The van der Waals surface area contributed by atoms with E-state index in [-0.39, 0.29) is 34.6 Å². The van der Waals surface area contributed by atoms with Crippen LogP contribution in [-0.2, 0) is 24.9 Å². The average Bonchev–Trinajstić information content (AvgIpc) is 3.32. The van der Waals surface area contributed by atoms with E-state index in [0.717, 1.165) is 44.0 Å². The van der Waals surface area contributed by atoms with E-state index in [4.69, 9.17) is 9.72 Å². The molecule has 2 amide bonds. The SMILES string of the molecule is Cl.Cn1c(COc2ccc(CC3SC(=O)NC3=O)cc2)nc2ccc(Sc3ccc(O)cc3)cc21. The number of thioether (sulfide) groups is 1. The Kier molecular flexibility index (Phi) is 7.59. The van der Waals surface area contributed by atoms with E-state index in [9.17, 15) is 14.7 Å². The minimum absolute atomic E-state index is 0. The lowest BCUT2D eigenvalue weighted by Gasteiger charge is -2.09. The monoisotopic (exact) mass is 527 g/mol. The normalized spacial score (nSPS) is 15.2. The van der Waals surface area contributed by atoms with E-state index >= 15 is 0 Å². The highest BCUT2D eigenvalue weighted by Gasteiger charge is 2.31. The number of benzene rings is 3. The fraction of sp³-hybridized carbons (Fsp3) is 0.160. The summed E-state index contributed by atoms with van der Waals surface area (Å²) < 4.78 is 7.98. The molecule has 5 rings (SSSR count). The zero-order valence-corrected chi connectivity index (χ0v) is 21.1. The van der Waals surface area contributed by atoms with Crippen molar-refractivity contribution < 1.29 is 19.4 Å². The van der Waals surface area contributed by atoms with Gasteiger partial charge >= 0.3 is 0 Å². The fourth-order valence-electron chi connectivity index (χ4n) is 3.67. The van der Waals surface area contributed by atoms with E-state index in [1.165, 1.54) is 0 Å². The molecule has 1 aliphatic rings. The van der Waals surface area contributed by atoms with Gasteiger partial charge in [-0.1, -0.05) is 35.7 Å². The molecule has 0 saturated carbocycles. The lowest BCUT2D eigenvalue weighted by Crippen LogP contribution is -2.25. The Labute approximate surface area is 216 Å². The molecule has 1 aliphatic heterocycles. The second kappa shape index (κ2) is 10.6. The van der Waals surface area contributed by atoms with Crippen LogP contribution in [0.3, 0.4) is 0 Å². The maximum Gasteiger partial charge on any atom is 0.286 e. The standard InChI is InChI=1S/C25H21N3O4S2.ClH/c1-28-21-13-19(33-18-8-4-16(29)5-9-18)10-11-20(21)26-23(28)14-32-17-6-2-15(3-7-17)12-22-24(30)27-25(31)34-22;/h2-11,13,22,29H,12,14H2,1H3,(H,27,30,31);1H. The number of nitrogens with one attached hydrogen (secondary N) is 1. The summed E-state index contributed by atoms with van der Waals surface area (Å²) in [6, 6.07) is 20.8. The van der Waals surface area contributed by atoms with Crippen molar-refractivity contribution in [3.05, 3.63) is 78.1 Å². The van der Waals surface area contributed by atoms with Crippen molar-refractivity contribution in [2.45, 2.75) is 28.1 Å². The number of hydrogen-bond donors (Lipinski definition) is 2. The molecule has 2 N–H and O–H groups in total. The minimum Gasteiger partial charge on any atom is -0.508 e. The van der Waals surface area contributed by atoms with Crippen molar-refractivity contribution in [2.75, 3.05) is 0 Å². The van der Waals surface area contributed by atoms with Crippen LogP contribution in [0.1, 0.15) is 11.4 Å². The molecule has 1 fully saturated rings. The van der Waals surface area contributed by atoms with Gasteiger partial charge in [-0.3, -0.25) is 14.9 Å². The molecule has 4 aromatic rings. The Morgan fingerprint density at radius 1 is 1.06 bits per heavy atom. The highest BCUT2D eigenvalue weighted by atomic mass is 35.5. The zero-order valence-electron chi connectivity index (χ0n) is 18.6. The van der Waals surface area contributed by atoms with E-state index in [1.807, 2.05) is 60.1 Å². The van der Waals surface area contributed by atoms with Crippen LogP contribution in [0.25, 0.3) is 11.0 Å². The number of carbonyl (C=O) groups excluding carboxylic acids is 2. The Morgan fingerprint density at radius 3 is 2.46 bits per heavy atom. The van der Waals surface area contributed by atoms with Gasteiger partial charge in [0.1, 0.15) is 23.9 Å². The van der Waals surface area contributed by atoms with E-state index < -0.39 is 0 Å². The van der Waals surface area contributed by atoms with Crippen molar-refractivity contribution in [1.29, 1.82) is 0 Å². The summed E-state index contributed by atoms with van der Waals surface area (Å²) >= 11 is 2.66. The van der Waals surface area contributed by atoms with Crippen molar-refractivity contribution in [2.24, 2.45) is 7.05 Å². The maximum absolute atomic E-state index is 11.7. The van der Waals surface area contributed by atoms with Gasteiger partial charge in [-0.15, -0.1) is 12.4 Å². The van der Waals surface area contributed by atoms with Crippen molar-refractivity contribution >= 4 is 58.1 Å². The highest BCUT2D eigenvalue weighted by Crippen LogP contribution is 2.31. The number of hydrogen-bond acceptors (Lipinski definition) is 7. The number of carbonyl (C=O) groups is 2. The van der Waals surface area contributed by atoms with E-state index in [0.29, 0.717) is 18.8 Å². The first kappa shape index (κ1) is 25.0. The molecule has 2 heterocycles. The molecule has 0 aliphatic carbocycles. The molecule has 180 valence electrons. The summed E-state index contributed by atoms with van der Waals surface area (Å²) in [5, 5.41) is 11.1. The number of halogens is 1. The number of rotatable bonds is 7. The second-order valence-corrected chi connectivity index (χ2v) is 10.2. The van der Waals surface area contributed by atoms with Gasteiger partial charge in [-0.25, -0.2) is 4.98 Å². The number of imide groups is 1. The number of aryl methyl sites for hydroxylation is 1. The third-order valence-corrected chi connectivity index (χ3v) is 7.48. The first-order chi connectivity index (χ1) is 16.4. The number of phenolic OH excluding ortho intramolecular Hbond substituents is 1. The number of aromatic nitrogens is 2. The quantitative estimate of drug-likeness (QED) is 0.336. The largest absolute Gasteiger partial charge is 0.508 e. The number of imidazole rings is 1. The van der Waals surface area contributed by atoms with Crippen LogP contribution in [0.4, 0.5) is 4.79 Å². The second-order valence-electron chi connectivity index (χ2n) is 7.85. The van der Waals surface area contributed by atoms with Gasteiger partial charge in [-0.2, -0.15) is 0 Å². The third-order valence-electron chi connectivity index (χ3n) is 5.50. The Hall–Kier alpha value is -3.14. The maximum atomic E-state index is 11.7. The van der Waals surface area contributed by atoms with Gasteiger partial charge in [0.05, 0.1) is 16.3 Å². The van der Waals surface area contributed by atoms with Crippen LogP contribution >= 0.6 is 35.9 Å². The summed E-state index contributed by atoms with van der Waals surface area (Å²) in [4.78, 5) is 29.9. The Balaban J connectivity index is 0.00000289. The number of nitrogens with zero attached hydrogens (tertiary/aromatic N) is 2. The van der Waals surface area contributed by atoms with E-state index in [1.54, 1.807) is 23.9 Å². The zero-order chi connectivity index (χ0) is 23.7. The van der Waals surface area contributed by atoms with Gasteiger partial charge in [0.25, 0.3) is 5.24 Å². The number of aromatic hydroxyl groups is 1. The molecule has 7 nitrogen and oxygen atoms in total. The summed E-state index contributed by atoms with van der Waals surface area (Å²) in [5.74, 6) is 1.53. The van der Waals surface area contributed by atoms with Crippen molar-refractivity contribution in [3.8, 4) is 11.5 Å². The van der Waals surface area contributed by atoms with Crippen LogP contribution in [0.2, 0.25) is 0 Å². The van der Waals surface area contributed by atoms with Crippen LogP contribution < -0.4 is 10.1 Å². The van der Waals surface area contributed by atoms with Gasteiger partial charge < -0.3 is 14.4 Å². The minimum atomic E-state index is -0.378. The topological polar surface area (TPSA) is 93.5 Å². The number of fused-ring (bicyclic) bond motifs is 1. The summed E-state index contributed by atoms with van der Waals surface area (Å²) in [6.07, 6.45) is 0.498. The molecule has 0 bridgehead atoms. The third kappa shape index (κ3) is 5.75. The van der Waals surface area contributed by atoms with Crippen molar-refractivity contribution in [3.63, 3.8) is 0 Å². The van der Waals surface area contributed by atoms with Crippen LogP contribution in [0.15, 0.2) is 76.5 Å². The molecule has 1 aromatic heterocycles. The smallest absolute Gasteiger partial charge is 0.286 e. The Bertz CT molecular complexity index is 1370. The Morgan fingerprint density at radius 2 is 1.77 bits per heavy atom. The van der Waals surface area contributed by atoms with Crippen LogP contribution in [0, 0.1) is 0 Å². The van der Waals surface area contributed by atoms with Crippen LogP contribution in [0.5, 0.6) is 11.5 Å². The fourth-order valence-corrected chi connectivity index (χ4v) is 5.38. The van der Waals surface area contributed by atoms with Gasteiger partial charge in [0, 0.05) is 16.8 Å². The predicted molar refractivity (Wildman–Crippen MR) is 140 cm³/mol. The predicted octanol–water partition coefficient (Wildman–Crippen LogP) is 5.33. The number of phenols is 1. The number of ether oxygens (including phenoxy) is 1. The first-order valence-electron chi connectivity index (χ1n) is 10.6. The summed E-state index contributed by atoms with van der Waals surface area (Å²) in [6.45, 7) is 0.320. The number of amides is 2. The first-order valence-corrected chi connectivity index (χ1v) is 12.3. The summed E-state index contributed by atoms with van der Waals surface area (Å²) in [7, 11) is 1.97. The molecular weight excluding hydrogens is 506 g/mol. The lowest BCUT2D eigenvalue weighted by atomic mass is 10.1. The molecule has 35 heavy (non-hydrogen) atoms. The van der Waals surface area contributed by atoms with E-state index in [2.05, 4.69) is 11.4 Å². The average molecular weight is 528 g/mol. The summed E-state index contributed by atoms with van der Waals surface area (Å²) in [5.41, 5.74) is 2.88. The molecular formula is C25H22ClN3O4S2. The molecule has 1 unspecified atom stereocenters. The van der Waals surface area contributed by atoms with Gasteiger partial charge in [-0.05, 0) is 66.6 Å². The van der Waals surface area contributed by atoms with Gasteiger partial charge in [0.2, 0.25) is 5.91 Å². The van der Waals surface area contributed by atoms with Gasteiger partial charge in [0.15, 0.2) is 0 Å².